The van der Waals surface area contributed by atoms with Crippen molar-refractivity contribution < 1.29 is 14.6 Å². The molecule has 110 valence electrons. The van der Waals surface area contributed by atoms with Gasteiger partial charge in [0.05, 0.1) is 12.7 Å². The van der Waals surface area contributed by atoms with E-state index < -0.39 is 0 Å². The topological polar surface area (TPSA) is 61.8 Å². The predicted octanol–water partition coefficient (Wildman–Crippen LogP) is 1.52. The van der Waals surface area contributed by atoms with Gasteiger partial charge in [-0.05, 0) is 39.2 Å². The number of aliphatic hydroxyl groups is 1. The second kappa shape index (κ2) is 8.93. The highest BCUT2D eigenvalue weighted by molar-refractivity contribution is 5.67. The normalized spacial score (nSPS) is 21.7. The molecule has 2 atom stereocenters. The molecule has 1 fully saturated rings. The number of nitrogens with zero attached hydrogens (tertiary/aromatic N) is 1. The van der Waals surface area contributed by atoms with Crippen LogP contribution >= 0.6 is 0 Å². The Bertz CT molecular complexity index is 284. The van der Waals surface area contributed by atoms with E-state index in [1.165, 1.54) is 0 Å². The molecule has 5 nitrogen and oxygen atoms in total. The van der Waals surface area contributed by atoms with Crippen molar-refractivity contribution in [3.05, 3.63) is 12.7 Å². The van der Waals surface area contributed by atoms with Crippen molar-refractivity contribution in [3.8, 4) is 0 Å². The Balaban J connectivity index is 2.29. The largest absolute Gasteiger partial charge is 0.450 e. The highest BCUT2D eigenvalue weighted by Crippen LogP contribution is 2.12. The molecule has 0 radical (unpaired) electrons. The van der Waals surface area contributed by atoms with Gasteiger partial charge in [0.15, 0.2) is 0 Å². The molecule has 1 amide bonds. The second-order valence-electron chi connectivity index (χ2n) is 4.98. The lowest BCUT2D eigenvalue weighted by Crippen LogP contribution is -2.49. The van der Waals surface area contributed by atoms with Crippen molar-refractivity contribution >= 4 is 6.09 Å². The number of hydrogen-bond donors (Lipinski definition) is 2. The van der Waals surface area contributed by atoms with Gasteiger partial charge in [-0.15, -0.1) is 6.58 Å². The number of hydrogen-bond acceptors (Lipinski definition) is 4. The van der Waals surface area contributed by atoms with Crippen LogP contribution < -0.4 is 5.32 Å². The summed E-state index contributed by atoms with van der Waals surface area (Å²) in [5.41, 5.74) is 0. The zero-order valence-electron chi connectivity index (χ0n) is 11.8. The fourth-order valence-electron chi connectivity index (χ4n) is 2.38. The number of β-amino-alcohol motifs (C(OH)–C–C–N with tert-alkyl or cyclic N) is 1. The summed E-state index contributed by atoms with van der Waals surface area (Å²) in [5, 5.41) is 12.7. The lowest BCUT2D eigenvalue weighted by atomic mass is 10.0. The highest BCUT2D eigenvalue weighted by Gasteiger charge is 2.23. The van der Waals surface area contributed by atoms with E-state index in [2.05, 4.69) is 16.8 Å². The molecule has 0 aromatic rings. The van der Waals surface area contributed by atoms with Crippen LogP contribution in [-0.4, -0.2) is 54.5 Å². The molecular formula is C14H26N2O3. The molecule has 2 N–H and O–H groups in total. The molecule has 1 rings (SSSR count). The molecule has 1 heterocycles. The van der Waals surface area contributed by atoms with E-state index in [1.807, 2.05) is 6.08 Å². The SMILES string of the molecule is C=CCCC(O)CN1CCCC(NC(=O)OCC)C1. The fraction of sp³-hybridized carbons (Fsp3) is 0.786. The number of allylic oxidation sites excluding steroid dienone is 1. The van der Waals surface area contributed by atoms with Crippen molar-refractivity contribution in [2.45, 2.75) is 44.8 Å². The fourth-order valence-corrected chi connectivity index (χ4v) is 2.38. The van der Waals surface area contributed by atoms with Gasteiger partial charge in [-0.1, -0.05) is 6.08 Å². The number of amides is 1. The Hall–Kier alpha value is -1.07. The van der Waals surface area contributed by atoms with Crippen molar-refractivity contribution in [3.63, 3.8) is 0 Å². The van der Waals surface area contributed by atoms with Gasteiger partial charge in [-0.2, -0.15) is 0 Å². The Kier molecular flexibility index (Phi) is 7.52. The maximum atomic E-state index is 11.4. The quantitative estimate of drug-likeness (QED) is 0.689. The molecular weight excluding hydrogens is 244 g/mol. The van der Waals surface area contributed by atoms with E-state index in [0.29, 0.717) is 13.2 Å². The molecule has 5 heteroatoms. The maximum Gasteiger partial charge on any atom is 0.407 e. The Labute approximate surface area is 115 Å². The molecule has 0 bridgehead atoms. The number of alkyl carbamates (subject to hydrolysis) is 1. The third kappa shape index (κ3) is 6.59. The van der Waals surface area contributed by atoms with Crippen LogP contribution in [0.25, 0.3) is 0 Å². The summed E-state index contributed by atoms with van der Waals surface area (Å²) in [4.78, 5) is 13.6. The van der Waals surface area contributed by atoms with Crippen molar-refractivity contribution in [2.75, 3.05) is 26.2 Å². The molecule has 19 heavy (non-hydrogen) atoms. The van der Waals surface area contributed by atoms with E-state index >= 15 is 0 Å². The lowest BCUT2D eigenvalue weighted by Gasteiger charge is -2.34. The minimum absolute atomic E-state index is 0.124. The summed E-state index contributed by atoms with van der Waals surface area (Å²) in [6, 6.07) is 0.124. The predicted molar refractivity (Wildman–Crippen MR) is 75.1 cm³/mol. The van der Waals surface area contributed by atoms with E-state index in [9.17, 15) is 9.90 Å². The van der Waals surface area contributed by atoms with Crippen LogP contribution in [-0.2, 0) is 4.74 Å². The number of ether oxygens (including phenoxy) is 1. The number of rotatable bonds is 7. The molecule has 2 unspecified atom stereocenters. The minimum Gasteiger partial charge on any atom is -0.450 e. The standard InChI is InChI=1S/C14H26N2O3/c1-3-5-8-13(17)11-16-9-6-7-12(10-16)15-14(18)19-4-2/h3,12-13,17H,1,4-11H2,2H3,(H,15,18). The zero-order valence-corrected chi connectivity index (χ0v) is 11.8. The summed E-state index contributed by atoms with van der Waals surface area (Å²) in [6.07, 6.45) is 4.74. The van der Waals surface area contributed by atoms with Gasteiger partial charge in [0.2, 0.25) is 0 Å². The van der Waals surface area contributed by atoms with Gasteiger partial charge in [0, 0.05) is 19.1 Å². The van der Waals surface area contributed by atoms with Crippen LogP contribution in [0.3, 0.4) is 0 Å². The lowest BCUT2D eigenvalue weighted by molar-refractivity contribution is 0.0835. The van der Waals surface area contributed by atoms with Gasteiger partial charge in [0.25, 0.3) is 0 Å². The van der Waals surface area contributed by atoms with E-state index in [0.717, 1.165) is 38.8 Å². The zero-order chi connectivity index (χ0) is 14.1. The van der Waals surface area contributed by atoms with Gasteiger partial charge in [0.1, 0.15) is 0 Å². The van der Waals surface area contributed by atoms with E-state index in [1.54, 1.807) is 6.92 Å². The average molecular weight is 270 g/mol. The Morgan fingerprint density at radius 1 is 1.68 bits per heavy atom. The molecule has 1 aliphatic heterocycles. The van der Waals surface area contributed by atoms with Crippen LogP contribution in [0.4, 0.5) is 4.79 Å². The summed E-state index contributed by atoms with van der Waals surface area (Å²) in [5.74, 6) is 0. The molecule has 0 aromatic heterocycles. The Morgan fingerprint density at radius 3 is 3.16 bits per heavy atom. The molecule has 0 saturated carbocycles. The van der Waals surface area contributed by atoms with Crippen LogP contribution in [0.15, 0.2) is 12.7 Å². The number of nitrogens with one attached hydrogen (secondary N) is 1. The molecule has 0 aromatic carbocycles. The smallest absolute Gasteiger partial charge is 0.407 e. The van der Waals surface area contributed by atoms with Crippen molar-refractivity contribution in [2.24, 2.45) is 0 Å². The van der Waals surface area contributed by atoms with Crippen LogP contribution in [0, 0.1) is 0 Å². The molecule has 1 aliphatic rings. The number of carbonyl (C=O) groups is 1. The second-order valence-corrected chi connectivity index (χ2v) is 4.98. The highest BCUT2D eigenvalue weighted by atomic mass is 16.5. The molecule has 0 aliphatic carbocycles. The Morgan fingerprint density at radius 2 is 2.47 bits per heavy atom. The van der Waals surface area contributed by atoms with Crippen molar-refractivity contribution in [1.82, 2.24) is 10.2 Å². The number of piperidine rings is 1. The third-order valence-corrected chi connectivity index (χ3v) is 3.28. The van der Waals surface area contributed by atoms with Crippen LogP contribution in [0.5, 0.6) is 0 Å². The van der Waals surface area contributed by atoms with Gasteiger partial charge < -0.3 is 15.2 Å². The molecule has 1 saturated heterocycles. The van der Waals surface area contributed by atoms with E-state index in [4.69, 9.17) is 4.74 Å². The van der Waals surface area contributed by atoms with Gasteiger partial charge >= 0.3 is 6.09 Å². The number of aliphatic hydroxyl groups excluding tert-OH is 1. The summed E-state index contributed by atoms with van der Waals surface area (Å²) in [7, 11) is 0. The average Bonchev–Trinajstić information content (AvgIpc) is 2.37. The third-order valence-electron chi connectivity index (χ3n) is 3.28. The van der Waals surface area contributed by atoms with Gasteiger partial charge in [-0.25, -0.2) is 4.79 Å². The van der Waals surface area contributed by atoms with Crippen molar-refractivity contribution in [1.29, 1.82) is 0 Å². The minimum atomic E-state index is -0.346. The van der Waals surface area contributed by atoms with Crippen LogP contribution in [0.2, 0.25) is 0 Å². The number of carbonyl (C=O) groups excluding carboxylic acids is 1. The summed E-state index contributed by atoms with van der Waals surface area (Å²) >= 11 is 0. The first-order chi connectivity index (χ1) is 9.15. The maximum absolute atomic E-state index is 11.4. The first-order valence-electron chi connectivity index (χ1n) is 7.10. The molecule has 0 spiro atoms. The summed E-state index contributed by atoms with van der Waals surface area (Å²) < 4.78 is 4.89. The monoisotopic (exact) mass is 270 g/mol. The first-order valence-corrected chi connectivity index (χ1v) is 7.10. The van der Waals surface area contributed by atoms with E-state index in [-0.39, 0.29) is 18.2 Å². The number of likely N-dealkylation sites (tertiary alicyclic amines) is 1. The first kappa shape index (κ1) is 16.0. The summed E-state index contributed by atoms with van der Waals surface area (Å²) in [6.45, 7) is 8.26. The van der Waals surface area contributed by atoms with Crippen LogP contribution in [0.1, 0.15) is 32.6 Å². The van der Waals surface area contributed by atoms with Gasteiger partial charge in [-0.3, -0.25) is 4.90 Å².